The number of aliphatic hydroxyl groups is 5. The summed E-state index contributed by atoms with van der Waals surface area (Å²) in [6.07, 6.45) is -14.5. The van der Waals surface area contributed by atoms with Gasteiger partial charge >= 0.3 is 0 Å². The Kier molecular flexibility index (Phi) is 10.8. The van der Waals surface area contributed by atoms with Crippen LogP contribution in [-0.2, 0) is 33.2 Å². The van der Waals surface area contributed by atoms with Crippen LogP contribution >= 0.6 is 0 Å². The first-order valence-electron chi connectivity index (χ1n) is 16.3. The van der Waals surface area contributed by atoms with Gasteiger partial charge in [0.15, 0.2) is 18.9 Å². The summed E-state index contributed by atoms with van der Waals surface area (Å²) in [5.41, 5.74) is 18.2. The summed E-state index contributed by atoms with van der Waals surface area (Å²) in [7, 11) is 6.38. The minimum atomic E-state index is -1.49. The van der Waals surface area contributed by atoms with Gasteiger partial charge in [-0.3, -0.25) is 0 Å². The first kappa shape index (κ1) is 33.4. The van der Waals surface area contributed by atoms with Crippen LogP contribution in [0.5, 0.6) is 0 Å². The lowest BCUT2D eigenvalue weighted by Crippen LogP contribution is -2.64. The van der Waals surface area contributed by atoms with E-state index in [9.17, 15) is 25.5 Å². The van der Waals surface area contributed by atoms with E-state index in [4.69, 9.17) is 59.6 Å². The molecule has 11 N–H and O–H groups in total. The molecule has 5 rings (SSSR count). The van der Waals surface area contributed by atoms with E-state index in [1.54, 1.807) is 6.92 Å². The van der Waals surface area contributed by atoms with Crippen LogP contribution in [0.1, 0.15) is 41.4 Å². The largest absolute Gasteiger partial charge is 0.391 e. The smallest absolute Gasteiger partial charge is 0.187 e. The molecular formula is C28H50BN3O12. The lowest BCUT2D eigenvalue weighted by atomic mass is 9.74. The maximum Gasteiger partial charge on any atom is 0.187 e. The molecule has 4 saturated heterocycles. The normalized spacial score (nSPS) is 55.6. The summed E-state index contributed by atoms with van der Waals surface area (Å²) < 4.78 is 50.1. The molecule has 0 aromatic heterocycles. The Hall–Kier alpha value is -0.535. The Morgan fingerprint density at radius 3 is 2.20 bits per heavy atom. The van der Waals surface area contributed by atoms with E-state index >= 15 is 0 Å². The molecule has 20 atom stereocenters. The number of hydrogen-bond acceptors (Lipinski definition) is 15. The molecule has 0 aromatic carbocycles. The molecule has 1 saturated carbocycles. The summed E-state index contributed by atoms with van der Waals surface area (Å²) in [6.45, 7) is 3.84. The second kappa shape index (κ2) is 14.3. The molecule has 0 spiro atoms. The van der Waals surface area contributed by atoms with Crippen molar-refractivity contribution in [1.29, 1.82) is 0 Å². The van der Waals surface area contributed by atoms with E-state index in [0.717, 1.165) is 12.8 Å². The van der Waals surface area contributed by atoms with Crippen molar-refractivity contribution in [3.63, 3.8) is 0 Å². The van der Waals surface area contributed by atoms with Crippen LogP contribution in [0.15, 0.2) is 0 Å². The number of nitrogens with two attached hydrogens (primary N) is 3. The van der Waals surface area contributed by atoms with Crippen LogP contribution < -0.4 is 17.2 Å². The van der Waals surface area contributed by atoms with Crippen LogP contribution in [0, 0.1) is 11.8 Å². The third-order valence-electron chi connectivity index (χ3n) is 9.79. The fraction of sp³-hybridized carbons (Fsp3) is 1.00. The van der Waals surface area contributed by atoms with Gasteiger partial charge in [-0.15, -0.1) is 0 Å². The average molecular weight is 633 g/mol. The van der Waals surface area contributed by atoms with E-state index in [1.165, 1.54) is 0 Å². The van der Waals surface area contributed by atoms with Crippen LogP contribution in [0.3, 0.4) is 0 Å². The third-order valence-corrected chi connectivity index (χ3v) is 9.79. The van der Waals surface area contributed by atoms with Crippen molar-refractivity contribution in [2.45, 2.75) is 150 Å². The maximum absolute atomic E-state index is 11.3. The highest BCUT2D eigenvalue weighted by Crippen LogP contribution is 2.40. The lowest BCUT2D eigenvalue weighted by molar-refractivity contribution is -0.310. The summed E-state index contributed by atoms with van der Waals surface area (Å²) >= 11 is 0. The summed E-state index contributed by atoms with van der Waals surface area (Å²) in [5.74, 6) is -1.23. The molecule has 44 heavy (non-hydrogen) atoms. The molecular weight excluding hydrogens is 581 g/mol. The molecule has 8 unspecified atom stereocenters. The quantitative estimate of drug-likeness (QED) is 0.127. The van der Waals surface area contributed by atoms with Crippen molar-refractivity contribution < 1.29 is 60.1 Å². The molecule has 4 heterocycles. The van der Waals surface area contributed by atoms with Crippen molar-refractivity contribution in [3.8, 4) is 0 Å². The summed E-state index contributed by atoms with van der Waals surface area (Å²) in [5, 5.41) is 54.2. The molecule has 16 heteroatoms. The van der Waals surface area contributed by atoms with Crippen LogP contribution in [0.25, 0.3) is 0 Å². The second-order valence-electron chi connectivity index (χ2n) is 13.0. The molecule has 0 bridgehead atoms. The highest BCUT2D eigenvalue weighted by molar-refractivity contribution is 6.12. The molecule has 2 radical (unpaired) electrons. The van der Waals surface area contributed by atoms with Gasteiger partial charge in [-0.2, -0.15) is 0 Å². The van der Waals surface area contributed by atoms with E-state index in [-0.39, 0.29) is 25.3 Å². The standard InChI is InChI=1S/C28H50BN3O12/c1-9-5-4-6-38-24-18(35)14(29)26(41-21(9)24)43-23-12(31)7-10(2)16(33)25(23)44-28-20(37)22(11(3)39-28)42-27-15(32)19(36)17(34)13(8-30)40-27/h9-28,33-37H,4-8,30-32H2,1-3H3/t9?,10-,11-,12?,13+,14?,15?,16?,17-,18-,19?,20?,21?,22+,23-,24+,25-,26-,27-,28+/m1/s1/i3D. The molecule has 5 fully saturated rings. The zero-order valence-corrected chi connectivity index (χ0v) is 25.2. The number of hydrogen-bond donors (Lipinski definition) is 8. The van der Waals surface area contributed by atoms with Crippen LogP contribution in [0.4, 0.5) is 0 Å². The minimum Gasteiger partial charge on any atom is -0.391 e. The van der Waals surface area contributed by atoms with E-state index in [2.05, 4.69) is 0 Å². The highest BCUT2D eigenvalue weighted by atomic mass is 16.8. The topological polar surface area (TPSA) is 244 Å². The maximum atomic E-state index is 11.3. The van der Waals surface area contributed by atoms with Crippen molar-refractivity contribution in [1.82, 2.24) is 0 Å². The number of rotatable bonds is 7. The van der Waals surface area contributed by atoms with Crippen molar-refractivity contribution in [2.24, 2.45) is 29.0 Å². The highest BCUT2D eigenvalue weighted by Gasteiger charge is 2.54. The van der Waals surface area contributed by atoms with Gasteiger partial charge in [0.1, 0.15) is 48.8 Å². The Morgan fingerprint density at radius 1 is 0.795 bits per heavy atom. The zero-order chi connectivity index (χ0) is 32.7. The molecule has 5 aliphatic rings. The Balaban J connectivity index is 1.31. The average Bonchev–Trinajstić information content (AvgIpc) is 3.18. The first-order valence-corrected chi connectivity index (χ1v) is 15.6. The Bertz CT molecular complexity index is 966. The molecule has 4 aliphatic heterocycles. The van der Waals surface area contributed by atoms with E-state index < -0.39 is 110 Å². The van der Waals surface area contributed by atoms with Gasteiger partial charge in [0.25, 0.3) is 0 Å². The summed E-state index contributed by atoms with van der Waals surface area (Å²) in [6, 6.07) is -1.83. The van der Waals surface area contributed by atoms with Crippen molar-refractivity contribution >= 4 is 7.85 Å². The molecule has 1 aliphatic carbocycles. The predicted molar refractivity (Wildman–Crippen MR) is 153 cm³/mol. The minimum absolute atomic E-state index is 0.0648. The second-order valence-corrected chi connectivity index (χ2v) is 13.0. The zero-order valence-electron chi connectivity index (χ0n) is 26.2. The van der Waals surface area contributed by atoms with Crippen molar-refractivity contribution in [2.75, 3.05) is 13.2 Å². The van der Waals surface area contributed by atoms with Gasteiger partial charge in [0.05, 0.1) is 38.3 Å². The lowest BCUT2D eigenvalue weighted by Gasteiger charge is -2.49. The molecule has 15 nitrogen and oxygen atoms in total. The Morgan fingerprint density at radius 2 is 1.50 bits per heavy atom. The van der Waals surface area contributed by atoms with Gasteiger partial charge < -0.3 is 75.9 Å². The predicted octanol–water partition coefficient (Wildman–Crippen LogP) is -3.43. The third kappa shape index (κ3) is 6.73. The van der Waals surface area contributed by atoms with Gasteiger partial charge in [0.2, 0.25) is 0 Å². The van der Waals surface area contributed by atoms with Gasteiger partial charge in [-0.05, 0) is 38.0 Å². The SMILES string of the molecule is [2H]C[C@H]1O[C@@H](O[C@@H]2C(O)[C@H](C)CC(N)[C@H]2O[C@H]2OC3C(C)CCCO[C@H]3[C@H](O)C2[B])C(O)[C@H]1O[C@H]1O[C@@H](CN)[C@@H](O)C(O)C1N. The number of ether oxygens (including phenoxy) is 7. The Labute approximate surface area is 260 Å². The molecule has 0 amide bonds. The molecule has 252 valence electrons. The summed E-state index contributed by atoms with van der Waals surface area (Å²) in [4.78, 5) is 0. The van der Waals surface area contributed by atoms with Crippen LogP contribution in [-0.4, -0.2) is 151 Å². The van der Waals surface area contributed by atoms with Gasteiger partial charge in [0, 0.05) is 26.4 Å². The monoisotopic (exact) mass is 632 g/mol. The van der Waals surface area contributed by atoms with Gasteiger partial charge in [-0.1, -0.05) is 13.8 Å². The fourth-order valence-corrected chi connectivity index (χ4v) is 6.98. The molecule has 0 aromatic rings. The first-order chi connectivity index (χ1) is 21.4. The van der Waals surface area contributed by atoms with Crippen LogP contribution in [0.2, 0.25) is 5.82 Å². The van der Waals surface area contributed by atoms with E-state index in [1.807, 2.05) is 6.92 Å². The van der Waals surface area contributed by atoms with Gasteiger partial charge in [-0.25, -0.2) is 0 Å². The number of fused-ring (bicyclic) bond motifs is 1. The van der Waals surface area contributed by atoms with E-state index in [0.29, 0.717) is 13.0 Å². The number of aliphatic hydroxyl groups excluding tert-OH is 5. The fourth-order valence-electron chi connectivity index (χ4n) is 6.98. The van der Waals surface area contributed by atoms with Crippen molar-refractivity contribution in [3.05, 3.63) is 0 Å².